The number of hydrogen-bond acceptors (Lipinski definition) is 6. The van der Waals surface area contributed by atoms with Crippen molar-refractivity contribution in [2.75, 3.05) is 69.6 Å². The summed E-state index contributed by atoms with van der Waals surface area (Å²) in [5.41, 5.74) is 0. The van der Waals surface area contributed by atoms with E-state index in [9.17, 15) is 19.2 Å². The third kappa shape index (κ3) is 7.36. The van der Waals surface area contributed by atoms with E-state index in [-0.39, 0.29) is 11.8 Å². The summed E-state index contributed by atoms with van der Waals surface area (Å²) in [6.45, 7) is -0.807. The van der Waals surface area contributed by atoms with Crippen LogP contribution in [0.1, 0.15) is 0 Å². The number of amides is 4. The molecule has 10 heteroatoms. The van der Waals surface area contributed by atoms with Crippen molar-refractivity contribution in [1.29, 1.82) is 0 Å². The van der Waals surface area contributed by atoms with Gasteiger partial charge < -0.3 is 29.1 Å². The smallest absolute Gasteiger partial charge is 0.254 e. The van der Waals surface area contributed by atoms with Crippen LogP contribution in [0.5, 0.6) is 0 Å². The topological polar surface area (TPSA) is 99.7 Å². The number of rotatable bonds is 9. The van der Waals surface area contributed by atoms with Gasteiger partial charge in [0.05, 0.1) is 0 Å². The van der Waals surface area contributed by atoms with Crippen molar-refractivity contribution in [3.8, 4) is 0 Å². The van der Waals surface area contributed by atoms with E-state index in [1.54, 1.807) is 28.2 Å². The Hall–Kier alpha value is -2.20. The quantitative estimate of drug-likeness (QED) is 0.468. The lowest BCUT2D eigenvalue weighted by Crippen LogP contribution is -2.53. The van der Waals surface area contributed by atoms with Crippen molar-refractivity contribution in [1.82, 2.24) is 19.6 Å². The predicted octanol–water partition coefficient (Wildman–Crippen LogP) is -1.89. The molecule has 26 heavy (non-hydrogen) atoms. The van der Waals surface area contributed by atoms with Gasteiger partial charge in [0, 0.05) is 56.4 Å². The SMILES string of the molecule is CN(C)C(=O)CO[C@H](C(=O)N(C)C)[C@@H](OCC(=O)N(C)C)C(=O)N(C)C. The van der Waals surface area contributed by atoms with E-state index in [4.69, 9.17) is 9.47 Å². The fourth-order valence-corrected chi connectivity index (χ4v) is 1.67. The van der Waals surface area contributed by atoms with Crippen molar-refractivity contribution >= 4 is 23.6 Å². The van der Waals surface area contributed by atoms with E-state index in [2.05, 4.69) is 0 Å². The fraction of sp³-hybridized carbons (Fsp3) is 0.750. The molecule has 0 rings (SSSR count). The second-order valence-electron chi connectivity index (χ2n) is 6.50. The Labute approximate surface area is 154 Å². The van der Waals surface area contributed by atoms with E-state index in [1.165, 1.54) is 47.8 Å². The molecule has 0 unspecified atom stereocenters. The third-order valence-electron chi connectivity index (χ3n) is 3.41. The fourth-order valence-electron chi connectivity index (χ4n) is 1.67. The van der Waals surface area contributed by atoms with Gasteiger partial charge in [-0.3, -0.25) is 19.2 Å². The van der Waals surface area contributed by atoms with Gasteiger partial charge in [0.2, 0.25) is 11.8 Å². The first kappa shape index (κ1) is 23.8. The molecule has 150 valence electrons. The second kappa shape index (κ2) is 10.7. The van der Waals surface area contributed by atoms with Crippen LogP contribution in [0, 0.1) is 0 Å². The summed E-state index contributed by atoms with van der Waals surface area (Å²) in [4.78, 5) is 53.7. The molecule has 0 aromatic carbocycles. The van der Waals surface area contributed by atoms with Gasteiger partial charge in [-0.1, -0.05) is 0 Å². The molecule has 0 fully saturated rings. The molecule has 4 amide bonds. The molecule has 0 N–H and O–H groups in total. The van der Waals surface area contributed by atoms with Gasteiger partial charge in [-0.25, -0.2) is 0 Å². The molecule has 0 aromatic rings. The maximum atomic E-state index is 12.5. The molecule has 0 aromatic heterocycles. The average Bonchev–Trinajstić information content (AvgIpc) is 2.55. The first-order valence-electron chi connectivity index (χ1n) is 7.96. The zero-order valence-corrected chi connectivity index (χ0v) is 16.8. The minimum atomic E-state index is -1.36. The Kier molecular flexibility index (Phi) is 9.81. The minimum absolute atomic E-state index is 0.373. The molecule has 0 aliphatic heterocycles. The Morgan fingerprint density at radius 3 is 1.04 bits per heavy atom. The van der Waals surface area contributed by atoms with Gasteiger partial charge in [0.1, 0.15) is 13.2 Å². The van der Waals surface area contributed by atoms with Crippen LogP contribution in [0.4, 0.5) is 0 Å². The normalized spacial score (nSPS) is 12.8. The van der Waals surface area contributed by atoms with E-state index in [1.807, 2.05) is 0 Å². The summed E-state index contributed by atoms with van der Waals surface area (Å²) in [5.74, 6) is -1.84. The average molecular weight is 374 g/mol. The molecule has 0 radical (unpaired) electrons. The standard InChI is InChI=1S/C16H30N4O6/c1-17(2)11(21)9-25-13(15(23)19(5)6)14(16(24)20(7)8)26-10-12(22)18(3)4/h13-14H,9-10H2,1-8H3/t13-,14+. The number of nitrogens with zero attached hydrogens (tertiary/aromatic N) is 4. The highest BCUT2D eigenvalue weighted by Crippen LogP contribution is 2.11. The Morgan fingerprint density at radius 1 is 0.577 bits per heavy atom. The van der Waals surface area contributed by atoms with Gasteiger partial charge >= 0.3 is 0 Å². The Morgan fingerprint density at radius 2 is 0.846 bits per heavy atom. The summed E-state index contributed by atoms with van der Waals surface area (Å²) >= 11 is 0. The molecule has 0 spiro atoms. The van der Waals surface area contributed by atoms with E-state index in [0.29, 0.717) is 0 Å². The largest absolute Gasteiger partial charge is 0.355 e. The number of carbonyl (C=O) groups excluding carboxylic acids is 4. The lowest BCUT2D eigenvalue weighted by molar-refractivity contribution is -0.171. The van der Waals surface area contributed by atoms with Crippen molar-refractivity contribution in [2.24, 2.45) is 0 Å². The number of hydrogen-bond donors (Lipinski definition) is 0. The summed E-state index contributed by atoms with van der Waals surface area (Å²) in [5, 5.41) is 0. The van der Waals surface area contributed by atoms with Gasteiger partial charge in [0.25, 0.3) is 11.8 Å². The van der Waals surface area contributed by atoms with Gasteiger partial charge in [0.15, 0.2) is 12.2 Å². The number of carbonyl (C=O) groups is 4. The molecule has 10 nitrogen and oxygen atoms in total. The molecule has 0 aliphatic carbocycles. The molecule has 0 saturated carbocycles. The van der Waals surface area contributed by atoms with Crippen molar-refractivity contribution in [2.45, 2.75) is 12.2 Å². The maximum absolute atomic E-state index is 12.5. The predicted molar refractivity (Wildman–Crippen MR) is 94.3 cm³/mol. The Balaban J connectivity index is 5.53. The summed E-state index contributed by atoms with van der Waals surface area (Å²) in [6.07, 6.45) is -2.72. The van der Waals surface area contributed by atoms with Gasteiger partial charge in [-0.2, -0.15) is 0 Å². The lowest BCUT2D eigenvalue weighted by Gasteiger charge is -2.29. The Bertz CT molecular complexity index is 473. The maximum Gasteiger partial charge on any atom is 0.254 e. The van der Waals surface area contributed by atoms with E-state index in [0.717, 1.165) is 0 Å². The van der Waals surface area contributed by atoms with Gasteiger partial charge in [-0.15, -0.1) is 0 Å². The van der Waals surface area contributed by atoms with Crippen molar-refractivity contribution < 1.29 is 28.7 Å². The van der Waals surface area contributed by atoms with Crippen LogP contribution in [0.3, 0.4) is 0 Å². The molecular formula is C16H30N4O6. The molecule has 2 atom stereocenters. The van der Waals surface area contributed by atoms with Crippen LogP contribution in [0.25, 0.3) is 0 Å². The third-order valence-corrected chi connectivity index (χ3v) is 3.41. The van der Waals surface area contributed by atoms with Crippen LogP contribution in [-0.2, 0) is 28.7 Å². The molecule has 0 saturated heterocycles. The lowest BCUT2D eigenvalue weighted by atomic mass is 10.1. The molecule has 0 aliphatic rings. The van der Waals surface area contributed by atoms with Crippen LogP contribution in [0.15, 0.2) is 0 Å². The molecular weight excluding hydrogens is 344 g/mol. The van der Waals surface area contributed by atoms with Crippen LogP contribution >= 0.6 is 0 Å². The van der Waals surface area contributed by atoms with Crippen LogP contribution in [0.2, 0.25) is 0 Å². The zero-order valence-electron chi connectivity index (χ0n) is 16.8. The number of likely N-dealkylation sites (N-methyl/N-ethyl adjacent to an activating group) is 4. The molecule has 0 heterocycles. The molecule has 0 bridgehead atoms. The van der Waals surface area contributed by atoms with Crippen molar-refractivity contribution in [3.63, 3.8) is 0 Å². The zero-order chi connectivity index (χ0) is 20.6. The first-order valence-corrected chi connectivity index (χ1v) is 7.96. The minimum Gasteiger partial charge on any atom is -0.355 e. The number of ether oxygens (including phenoxy) is 2. The van der Waals surface area contributed by atoms with E-state index < -0.39 is 37.2 Å². The van der Waals surface area contributed by atoms with Crippen LogP contribution < -0.4 is 0 Å². The highest BCUT2D eigenvalue weighted by atomic mass is 16.6. The second-order valence-corrected chi connectivity index (χ2v) is 6.50. The summed E-state index contributed by atoms with van der Waals surface area (Å²) in [6, 6.07) is 0. The highest BCUT2D eigenvalue weighted by Gasteiger charge is 2.38. The van der Waals surface area contributed by atoms with E-state index >= 15 is 0 Å². The first-order chi connectivity index (χ1) is 11.9. The monoisotopic (exact) mass is 374 g/mol. The van der Waals surface area contributed by atoms with Crippen LogP contribution in [-0.4, -0.2) is 125 Å². The summed E-state index contributed by atoms with van der Waals surface area (Å²) < 4.78 is 10.9. The highest BCUT2D eigenvalue weighted by molar-refractivity contribution is 5.91. The summed E-state index contributed by atoms with van der Waals surface area (Å²) in [7, 11) is 12.2. The van der Waals surface area contributed by atoms with Crippen molar-refractivity contribution in [3.05, 3.63) is 0 Å². The van der Waals surface area contributed by atoms with Gasteiger partial charge in [-0.05, 0) is 0 Å².